The van der Waals surface area contributed by atoms with Crippen LogP contribution in [0.4, 0.5) is 0 Å². The first-order chi connectivity index (χ1) is 8.06. The molecule has 17 heavy (non-hydrogen) atoms. The van der Waals surface area contributed by atoms with E-state index in [4.69, 9.17) is 5.73 Å². The molecule has 0 spiro atoms. The second-order valence-corrected chi connectivity index (χ2v) is 6.07. The molecule has 0 aromatic heterocycles. The van der Waals surface area contributed by atoms with Crippen LogP contribution in [0.5, 0.6) is 0 Å². The number of nitrogens with two attached hydrogens (primary N) is 1. The smallest absolute Gasteiger partial charge is 0.0277 e. The van der Waals surface area contributed by atoms with E-state index in [1.807, 2.05) is 0 Å². The summed E-state index contributed by atoms with van der Waals surface area (Å²) in [5.74, 6) is 0. The first-order valence-corrected chi connectivity index (χ1v) is 7.20. The summed E-state index contributed by atoms with van der Waals surface area (Å²) in [6.45, 7) is 10.5. The van der Waals surface area contributed by atoms with Crippen molar-refractivity contribution in [2.45, 2.75) is 51.5 Å². The molecule has 1 rings (SSSR count). The van der Waals surface area contributed by atoms with Crippen molar-refractivity contribution in [2.24, 2.45) is 5.73 Å². The lowest BCUT2D eigenvalue weighted by Gasteiger charge is -2.45. The predicted octanol–water partition coefficient (Wildman–Crippen LogP) is 1.92. The van der Waals surface area contributed by atoms with Gasteiger partial charge in [0.2, 0.25) is 0 Å². The van der Waals surface area contributed by atoms with Crippen molar-refractivity contribution >= 4 is 0 Å². The van der Waals surface area contributed by atoms with Gasteiger partial charge in [0, 0.05) is 25.2 Å². The van der Waals surface area contributed by atoms with Gasteiger partial charge in [0.1, 0.15) is 0 Å². The Morgan fingerprint density at radius 2 is 1.65 bits per heavy atom. The number of likely N-dealkylation sites (N-methyl/N-ethyl adjacent to an activating group) is 1. The summed E-state index contributed by atoms with van der Waals surface area (Å²) < 4.78 is 0. The Morgan fingerprint density at radius 3 is 2.29 bits per heavy atom. The largest absolute Gasteiger partial charge is 0.330 e. The maximum absolute atomic E-state index is 5.49. The van der Waals surface area contributed by atoms with Gasteiger partial charge in [0.15, 0.2) is 0 Å². The van der Waals surface area contributed by atoms with Crippen LogP contribution >= 0.6 is 0 Å². The number of rotatable bonds is 7. The Hall–Kier alpha value is -0.120. The summed E-state index contributed by atoms with van der Waals surface area (Å²) in [4.78, 5) is 5.10. The van der Waals surface area contributed by atoms with Crippen LogP contribution in [-0.2, 0) is 0 Å². The van der Waals surface area contributed by atoms with Crippen molar-refractivity contribution in [1.29, 1.82) is 0 Å². The molecule has 1 aliphatic rings. The van der Waals surface area contributed by atoms with Crippen molar-refractivity contribution in [3.8, 4) is 0 Å². The molecular weight excluding hydrogens is 210 g/mol. The number of nitrogens with zero attached hydrogens (tertiary/aromatic N) is 2. The van der Waals surface area contributed by atoms with E-state index in [1.165, 1.54) is 58.3 Å². The van der Waals surface area contributed by atoms with Crippen molar-refractivity contribution in [3.63, 3.8) is 0 Å². The molecule has 2 N–H and O–H groups in total. The van der Waals surface area contributed by atoms with Crippen molar-refractivity contribution in [2.75, 3.05) is 39.8 Å². The van der Waals surface area contributed by atoms with Crippen LogP contribution in [0.15, 0.2) is 0 Å². The van der Waals surface area contributed by atoms with E-state index in [0.717, 1.165) is 6.54 Å². The van der Waals surface area contributed by atoms with Crippen LogP contribution < -0.4 is 5.73 Å². The van der Waals surface area contributed by atoms with E-state index in [2.05, 4.69) is 30.7 Å². The molecule has 1 aliphatic heterocycles. The summed E-state index contributed by atoms with van der Waals surface area (Å²) in [7, 11) is 2.24. The Morgan fingerprint density at radius 1 is 1.00 bits per heavy atom. The minimum Gasteiger partial charge on any atom is -0.330 e. The third kappa shape index (κ3) is 5.36. The molecule has 0 unspecified atom stereocenters. The van der Waals surface area contributed by atoms with Crippen LogP contribution in [-0.4, -0.2) is 55.1 Å². The highest BCUT2D eigenvalue weighted by molar-refractivity contribution is 4.87. The molecule has 3 nitrogen and oxygen atoms in total. The zero-order chi connectivity index (χ0) is 12.7. The van der Waals surface area contributed by atoms with Gasteiger partial charge in [-0.05, 0) is 46.8 Å². The zero-order valence-electron chi connectivity index (χ0n) is 12.0. The second kappa shape index (κ2) is 7.34. The third-order valence-electron chi connectivity index (χ3n) is 4.07. The fourth-order valence-electron chi connectivity index (χ4n) is 2.54. The van der Waals surface area contributed by atoms with Gasteiger partial charge in [-0.25, -0.2) is 0 Å². The van der Waals surface area contributed by atoms with E-state index in [9.17, 15) is 0 Å². The zero-order valence-corrected chi connectivity index (χ0v) is 12.0. The van der Waals surface area contributed by atoms with Gasteiger partial charge in [0.25, 0.3) is 0 Å². The highest BCUT2D eigenvalue weighted by Gasteiger charge is 2.30. The Bertz CT molecular complexity index is 204. The normalized spacial score (nSPS) is 21.9. The number of hydrogen-bond acceptors (Lipinski definition) is 3. The van der Waals surface area contributed by atoms with E-state index in [-0.39, 0.29) is 0 Å². The maximum Gasteiger partial charge on any atom is 0.0277 e. The number of piperazine rings is 1. The molecule has 102 valence electrons. The average Bonchev–Trinajstić information content (AvgIpc) is 2.28. The molecule has 0 aromatic carbocycles. The van der Waals surface area contributed by atoms with Gasteiger partial charge in [-0.3, -0.25) is 4.90 Å². The SMILES string of the molecule is CN1CCN(CCCCCCCN)CC1(C)C. The van der Waals surface area contributed by atoms with Crippen LogP contribution in [0.2, 0.25) is 0 Å². The lowest BCUT2D eigenvalue weighted by atomic mass is 9.99. The Kier molecular flexibility index (Phi) is 6.45. The van der Waals surface area contributed by atoms with Crippen molar-refractivity contribution in [1.82, 2.24) is 9.80 Å². The molecule has 0 bridgehead atoms. The van der Waals surface area contributed by atoms with E-state index < -0.39 is 0 Å². The fraction of sp³-hybridized carbons (Fsp3) is 1.00. The second-order valence-electron chi connectivity index (χ2n) is 6.07. The van der Waals surface area contributed by atoms with Gasteiger partial charge in [-0.15, -0.1) is 0 Å². The maximum atomic E-state index is 5.49. The Labute approximate surface area is 107 Å². The van der Waals surface area contributed by atoms with Gasteiger partial charge in [0.05, 0.1) is 0 Å². The van der Waals surface area contributed by atoms with E-state index in [0.29, 0.717) is 5.54 Å². The molecule has 1 fully saturated rings. The van der Waals surface area contributed by atoms with Crippen molar-refractivity contribution in [3.05, 3.63) is 0 Å². The van der Waals surface area contributed by atoms with Gasteiger partial charge in [-0.1, -0.05) is 19.3 Å². The quantitative estimate of drug-likeness (QED) is 0.691. The molecule has 0 aliphatic carbocycles. The summed E-state index contributed by atoms with van der Waals surface area (Å²) >= 11 is 0. The molecule has 1 heterocycles. The van der Waals surface area contributed by atoms with Crippen LogP contribution in [0, 0.1) is 0 Å². The molecule has 1 saturated heterocycles. The number of hydrogen-bond donors (Lipinski definition) is 1. The molecule has 3 heteroatoms. The Balaban J connectivity index is 2.08. The lowest BCUT2D eigenvalue weighted by Crippen LogP contribution is -2.57. The van der Waals surface area contributed by atoms with E-state index >= 15 is 0 Å². The van der Waals surface area contributed by atoms with Crippen molar-refractivity contribution < 1.29 is 0 Å². The van der Waals surface area contributed by atoms with Gasteiger partial charge in [-0.2, -0.15) is 0 Å². The first-order valence-electron chi connectivity index (χ1n) is 7.20. The minimum absolute atomic E-state index is 0.345. The topological polar surface area (TPSA) is 32.5 Å². The lowest BCUT2D eigenvalue weighted by molar-refractivity contribution is 0.0392. The molecular formula is C14H31N3. The predicted molar refractivity (Wildman–Crippen MR) is 75.3 cm³/mol. The number of unbranched alkanes of at least 4 members (excludes halogenated alkanes) is 4. The highest BCUT2D eigenvalue weighted by Crippen LogP contribution is 2.19. The first kappa shape index (κ1) is 14.9. The van der Waals surface area contributed by atoms with E-state index in [1.54, 1.807) is 0 Å². The molecule has 0 radical (unpaired) electrons. The summed E-state index contributed by atoms with van der Waals surface area (Å²) in [5.41, 5.74) is 5.84. The van der Waals surface area contributed by atoms with Gasteiger partial charge < -0.3 is 10.6 Å². The molecule has 0 amide bonds. The monoisotopic (exact) mass is 241 g/mol. The molecule has 0 atom stereocenters. The summed E-state index contributed by atoms with van der Waals surface area (Å²) in [6, 6.07) is 0. The molecule has 0 saturated carbocycles. The van der Waals surface area contributed by atoms with Crippen LogP contribution in [0.25, 0.3) is 0 Å². The summed E-state index contributed by atoms with van der Waals surface area (Å²) in [6.07, 6.45) is 6.58. The fourth-order valence-corrected chi connectivity index (χ4v) is 2.54. The average molecular weight is 241 g/mol. The standard InChI is InChI=1S/C14H31N3/c1-14(2)13-17(12-11-16(14)3)10-8-6-4-5-7-9-15/h4-13,15H2,1-3H3. The highest BCUT2D eigenvalue weighted by atomic mass is 15.3. The summed E-state index contributed by atoms with van der Waals surface area (Å²) in [5, 5.41) is 0. The van der Waals surface area contributed by atoms with Crippen LogP contribution in [0.1, 0.15) is 46.0 Å². The van der Waals surface area contributed by atoms with Crippen LogP contribution in [0.3, 0.4) is 0 Å². The third-order valence-corrected chi connectivity index (χ3v) is 4.07. The molecule has 0 aromatic rings. The van der Waals surface area contributed by atoms with Gasteiger partial charge >= 0.3 is 0 Å². The minimum atomic E-state index is 0.345.